The summed E-state index contributed by atoms with van der Waals surface area (Å²) < 4.78 is 28.4. The normalized spacial score (nSPS) is 43.2. The predicted molar refractivity (Wildman–Crippen MR) is 170 cm³/mol. The Morgan fingerprint density at radius 2 is 1.64 bits per heavy atom. The summed E-state index contributed by atoms with van der Waals surface area (Å²) in [4.78, 5) is 35.2. The minimum Gasteiger partial charge on any atom is -0.449 e. The zero-order valence-electron chi connectivity index (χ0n) is 28.4. The molecule has 1 saturated heterocycles. The van der Waals surface area contributed by atoms with Crippen molar-refractivity contribution in [1.82, 2.24) is 0 Å². The monoisotopic (exact) mass is 654 g/mol. The Labute approximate surface area is 270 Å². The van der Waals surface area contributed by atoms with Gasteiger partial charge in [0, 0.05) is 0 Å². The highest BCUT2D eigenvalue weighted by Gasteiger charge is 2.61. The van der Waals surface area contributed by atoms with E-state index in [1.54, 1.807) is 0 Å². The van der Waals surface area contributed by atoms with Crippen molar-refractivity contribution in [2.45, 2.75) is 143 Å². The number of phosphoric ester groups is 1. The lowest BCUT2D eigenvalue weighted by atomic mass is 9.44. The summed E-state index contributed by atoms with van der Waals surface area (Å²) in [6.07, 6.45) is 7.99. The number of aliphatic hydroxyl groups excluding tert-OH is 2. The Bertz CT molecular complexity index is 1130. The van der Waals surface area contributed by atoms with Gasteiger partial charge in [0.1, 0.15) is 6.10 Å². The molecular weight excluding hydrogens is 595 g/mol. The standard InChI is InChI=1S/C35H59O9P/c1-7-22(20(2)3)9-8-21(4)26-12-13-27-25-11-10-23-18-24(14-16-34(23,5)28(25)15-17-35(26,27)6)43-45(40,41)44-32-30(38)31(29(37)19-36)42-33(32)39/h20-29,31-32,36-37H,7-19H2,1-6H3,(H,40,41)/t21-,22?,23-,24-,25-,26+,27-,28-,29?,31?,32?,34-,35+/m0/s1. The van der Waals surface area contributed by atoms with E-state index >= 15 is 0 Å². The van der Waals surface area contributed by atoms with Crippen LogP contribution >= 0.6 is 7.82 Å². The van der Waals surface area contributed by atoms with E-state index in [9.17, 15) is 24.2 Å². The van der Waals surface area contributed by atoms with Crippen molar-refractivity contribution in [3.63, 3.8) is 0 Å². The Morgan fingerprint density at radius 1 is 0.956 bits per heavy atom. The molecule has 0 radical (unpaired) electrons. The van der Waals surface area contributed by atoms with Crippen LogP contribution in [0.4, 0.5) is 0 Å². The maximum Gasteiger partial charge on any atom is 0.473 e. The molecule has 45 heavy (non-hydrogen) atoms. The molecular formula is C35H59O9P. The van der Waals surface area contributed by atoms with Crippen molar-refractivity contribution in [3.05, 3.63) is 0 Å². The summed E-state index contributed by atoms with van der Waals surface area (Å²) >= 11 is 0. The first-order chi connectivity index (χ1) is 21.1. The fourth-order valence-corrected chi connectivity index (χ4v) is 12.4. The average Bonchev–Trinajstić information content (AvgIpc) is 3.48. The number of fused-ring (bicyclic) bond motifs is 5. The Hall–Kier alpha value is -0.830. The van der Waals surface area contributed by atoms with Gasteiger partial charge in [0.15, 0.2) is 6.10 Å². The number of rotatable bonds is 12. The average molecular weight is 655 g/mol. The summed E-state index contributed by atoms with van der Waals surface area (Å²) in [6, 6.07) is 0. The van der Waals surface area contributed by atoms with Crippen LogP contribution in [0.15, 0.2) is 0 Å². The van der Waals surface area contributed by atoms with E-state index in [0.717, 1.165) is 48.3 Å². The second-order valence-corrected chi connectivity index (χ2v) is 17.7. The number of Topliss-reactive ketones (excluding diaryl/α,β-unsaturated/α-hetero) is 1. The van der Waals surface area contributed by atoms with Crippen LogP contribution in [0.25, 0.3) is 0 Å². The summed E-state index contributed by atoms with van der Waals surface area (Å²) in [5.41, 5.74) is 0.591. The molecule has 0 bridgehead atoms. The third kappa shape index (κ3) is 6.74. The molecule has 5 fully saturated rings. The number of esters is 1. The predicted octanol–water partition coefficient (Wildman–Crippen LogP) is 6.46. The molecule has 258 valence electrons. The van der Waals surface area contributed by atoms with Crippen molar-refractivity contribution < 1.29 is 43.0 Å². The highest BCUT2D eigenvalue weighted by atomic mass is 31.2. The molecule has 5 rings (SSSR count). The molecule has 5 unspecified atom stereocenters. The van der Waals surface area contributed by atoms with Crippen LogP contribution < -0.4 is 0 Å². The van der Waals surface area contributed by atoms with Gasteiger partial charge in [0.05, 0.1) is 12.7 Å². The van der Waals surface area contributed by atoms with Crippen molar-refractivity contribution in [3.8, 4) is 0 Å². The summed E-state index contributed by atoms with van der Waals surface area (Å²) in [5.74, 6) is 3.57. The molecule has 1 aliphatic heterocycles. The van der Waals surface area contributed by atoms with Crippen LogP contribution in [-0.4, -0.2) is 57.9 Å². The van der Waals surface area contributed by atoms with Crippen LogP contribution in [0, 0.1) is 58.2 Å². The summed E-state index contributed by atoms with van der Waals surface area (Å²) in [6.45, 7) is 13.9. The van der Waals surface area contributed by atoms with Crippen LogP contribution in [-0.2, 0) is 27.9 Å². The molecule has 10 heteroatoms. The minimum absolute atomic E-state index is 0.165. The maximum atomic E-state index is 13.0. The summed E-state index contributed by atoms with van der Waals surface area (Å²) in [5, 5.41) is 18.8. The van der Waals surface area contributed by atoms with Crippen LogP contribution in [0.5, 0.6) is 0 Å². The van der Waals surface area contributed by atoms with E-state index < -0.39 is 50.6 Å². The van der Waals surface area contributed by atoms with Gasteiger partial charge in [0.25, 0.3) is 0 Å². The number of carbonyl (C=O) groups is 2. The largest absolute Gasteiger partial charge is 0.473 e. The molecule has 9 nitrogen and oxygen atoms in total. The molecule has 1 heterocycles. The van der Waals surface area contributed by atoms with E-state index in [4.69, 9.17) is 18.9 Å². The van der Waals surface area contributed by atoms with Gasteiger partial charge in [-0.3, -0.25) is 13.8 Å². The van der Waals surface area contributed by atoms with Gasteiger partial charge >= 0.3 is 13.8 Å². The van der Waals surface area contributed by atoms with Crippen LogP contribution in [0.1, 0.15) is 119 Å². The second-order valence-electron chi connectivity index (χ2n) is 16.3. The highest BCUT2D eigenvalue weighted by molar-refractivity contribution is 7.47. The van der Waals surface area contributed by atoms with E-state index in [0.29, 0.717) is 30.1 Å². The molecule has 0 amide bonds. The number of aliphatic hydroxyl groups is 2. The Morgan fingerprint density at radius 3 is 2.31 bits per heavy atom. The fourth-order valence-electron chi connectivity index (χ4n) is 11.3. The van der Waals surface area contributed by atoms with Gasteiger partial charge < -0.3 is 19.8 Å². The first-order valence-electron chi connectivity index (χ1n) is 17.9. The van der Waals surface area contributed by atoms with Gasteiger partial charge in [-0.2, -0.15) is 0 Å². The van der Waals surface area contributed by atoms with E-state index in [-0.39, 0.29) is 5.41 Å². The molecule has 14 atom stereocenters. The number of ether oxygens (including phenoxy) is 1. The van der Waals surface area contributed by atoms with E-state index in [1.165, 1.54) is 51.4 Å². The van der Waals surface area contributed by atoms with Gasteiger partial charge in [-0.05, 0) is 122 Å². The van der Waals surface area contributed by atoms with E-state index in [1.807, 2.05) is 0 Å². The number of phosphoric acid groups is 1. The molecule has 4 saturated carbocycles. The van der Waals surface area contributed by atoms with Gasteiger partial charge in [-0.15, -0.1) is 0 Å². The first-order valence-corrected chi connectivity index (χ1v) is 19.4. The lowest BCUT2D eigenvalue weighted by molar-refractivity contribution is -0.151. The SMILES string of the molecule is CCC(CC[C@H](C)[C@H]1CC[C@H]2[C@@H]3CC[C@H]4C[C@@H](OP(=O)(O)OC5C(=O)OC(C(O)CO)C5=O)CC[C@]4(C)[C@H]3CC[C@]12C)C(C)C. The molecule has 0 aromatic carbocycles. The lowest BCUT2D eigenvalue weighted by Crippen LogP contribution is -2.54. The van der Waals surface area contributed by atoms with Gasteiger partial charge in [-0.1, -0.05) is 54.4 Å². The maximum absolute atomic E-state index is 13.0. The van der Waals surface area contributed by atoms with E-state index in [2.05, 4.69) is 41.5 Å². The molecule has 0 aromatic heterocycles. The molecule has 5 aliphatic rings. The zero-order chi connectivity index (χ0) is 32.9. The molecule has 0 spiro atoms. The third-order valence-electron chi connectivity index (χ3n) is 13.9. The first kappa shape index (κ1) is 35.5. The number of hydrogen-bond donors (Lipinski definition) is 3. The lowest BCUT2D eigenvalue weighted by Gasteiger charge is -2.61. The fraction of sp³-hybridized carbons (Fsp3) is 0.943. The Balaban J connectivity index is 1.19. The van der Waals surface area contributed by atoms with Gasteiger partial charge in [-0.25, -0.2) is 9.36 Å². The van der Waals surface area contributed by atoms with Gasteiger partial charge in [0.2, 0.25) is 11.9 Å². The quantitative estimate of drug-likeness (QED) is 0.123. The minimum atomic E-state index is -4.77. The topological polar surface area (TPSA) is 140 Å². The smallest absolute Gasteiger partial charge is 0.449 e. The van der Waals surface area contributed by atoms with Crippen molar-refractivity contribution in [2.24, 2.45) is 58.2 Å². The summed E-state index contributed by atoms with van der Waals surface area (Å²) in [7, 11) is -4.77. The van der Waals surface area contributed by atoms with Crippen molar-refractivity contribution in [2.75, 3.05) is 6.61 Å². The molecule has 3 N–H and O–H groups in total. The number of ketones is 1. The highest BCUT2D eigenvalue weighted by Crippen LogP contribution is 2.69. The number of cyclic esters (lactones) is 1. The third-order valence-corrected chi connectivity index (χ3v) is 14.9. The zero-order valence-corrected chi connectivity index (χ0v) is 29.3. The van der Waals surface area contributed by atoms with Crippen molar-refractivity contribution >= 4 is 19.6 Å². The van der Waals surface area contributed by atoms with Crippen molar-refractivity contribution in [1.29, 1.82) is 0 Å². The van der Waals surface area contributed by atoms with Crippen LogP contribution in [0.3, 0.4) is 0 Å². The molecule has 0 aromatic rings. The number of carbonyl (C=O) groups excluding carboxylic acids is 2. The second kappa shape index (κ2) is 13.6. The van der Waals surface area contributed by atoms with Crippen LogP contribution in [0.2, 0.25) is 0 Å². The molecule has 4 aliphatic carbocycles. The number of hydrogen-bond acceptors (Lipinski definition) is 8. The Kier molecular flexibility index (Phi) is 10.7.